The third kappa shape index (κ3) is 3.26. The minimum absolute atomic E-state index is 0.00305. The van der Waals surface area contributed by atoms with Crippen molar-refractivity contribution in [2.45, 2.75) is 25.6 Å². The van der Waals surface area contributed by atoms with Gasteiger partial charge in [-0.1, -0.05) is 25.1 Å². The van der Waals surface area contributed by atoms with Gasteiger partial charge in [0.15, 0.2) is 11.5 Å². The number of alkyl halides is 3. The second-order valence-corrected chi connectivity index (χ2v) is 6.18. The van der Waals surface area contributed by atoms with E-state index < -0.39 is 41.0 Å². The molecule has 8 heteroatoms. The maximum atomic E-state index is 14.4. The van der Waals surface area contributed by atoms with E-state index in [0.29, 0.717) is 0 Å². The monoisotopic (exact) mass is 393 g/mol. The van der Waals surface area contributed by atoms with Crippen LogP contribution < -0.4 is 4.90 Å². The summed E-state index contributed by atoms with van der Waals surface area (Å²) in [4.78, 5) is 25.9. The summed E-state index contributed by atoms with van der Waals surface area (Å²) in [5, 5.41) is 10.3. The van der Waals surface area contributed by atoms with Crippen molar-refractivity contribution in [3.8, 4) is 0 Å². The quantitative estimate of drug-likeness (QED) is 0.765. The molecule has 4 nitrogen and oxygen atoms in total. The van der Waals surface area contributed by atoms with Gasteiger partial charge in [0.25, 0.3) is 5.91 Å². The molecule has 28 heavy (non-hydrogen) atoms. The number of rotatable bonds is 4. The Hall–Kier alpha value is -3.16. The van der Waals surface area contributed by atoms with Crippen LogP contribution in [-0.4, -0.2) is 16.8 Å². The van der Waals surface area contributed by atoms with Crippen molar-refractivity contribution >= 4 is 17.4 Å². The first-order valence-corrected chi connectivity index (χ1v) is 8.38. The molecule has 0 saturated carbocycles. The van der Waals surface area contributed by atoms with Gasteiger partial charge < -0.3 is 5.11 Å². The minimum Gasteiger partial charge on any atom is -0.503 e. The predicted octanol–water partition coefficient (Wildman–Crippen LogP) is 4.72. The molecule has 1 heterocycles. The Bertz CT molecular complexity index is 964. The molecular weight excluding hydrogens is 378 g/mol. The number of ketones is 1. The van der Waals surface area contributed by atoms with E-state index in [1.807, 2.05) is 0 Å². The minimum atomic E-state index is -4.57. The van der Waals surface area contributed by atoms with Crippen LogP contribution in [0.2, 0.25) is 0 Å². The lowest BCUT2D eigenvalue weighted by Crippen LogP contribution is -2.31. The number of aliphatic hydroxyl groups excluding tert-OH is 1. The molecule has 2 aromatic carbocycles. The first-order chi connectivity index (χ1) is 13.2. The van der Waals surface area contributed by atoms with Crippen LogP contribution >= 0.6 is 0 Å². The summed E-state index contributed by atoms with van der Waals surface area (Å²) in [6.07, 6.45) is -4.61. The molecule has 146 valence electrons. The Balaban J connectivity index is 2.15. The van der Waals surface area contributed by atoms with Gasteiger partial charge in [-0.05, 0) is 30.3 Å². The standard InChI is InChI=1S/C20H15F4NO3/c1-2-15(26)16-17(13-5-3-4-6-14(13)21)25(19(28)18(16)27)12-9-7-11(8-10-12)20(22,23)24/h3-10,17,27H,2H2,1H3. The highest BCUT2D eigenvalue weighted by molar-refractivity contribution is 6.16. The molecular formula is C20H15F4NO3. The highest BCUT2D eigenvalue weighted by Crippen LogP contribution is 2.42. The number of amides is 1. The molecule has 1 aliphatic rings. The largest absolute Gasteiger partial charge is 0.503 e. The number of aliphatic hydroxyl groups is 1. The maximum Gasteiger partial charge on any atom is 0.416 e. The number of halogens is 4. The first-order valence-electron chi connectivity index (χ1n) is 8.38. The summed E-state index contributed by atoms with van der Waals surface area (Å²) >= 11 is 0. The lowest BCUT2D eigenvalue weighted by molar-refractivity contribution is -0.137. The van der Waals surface area contributed by atoms with E-state index >= 15 is 0 Å². The molecule has 2 aromatic rings. The van der Waals surface area contributed by atoms with Crippen LogP contribution in [0.1, 0.15) is 30.5 Å². The lowest BCUT2D eigenvalue weighted by atomic mass is 9.94. The number of carbonyl (C=O) groups is 2. The van der Waals surface area contributed by atoms with Crippen LogP contribution in [0.4, 0.5) is 23.2 Å². The van der Waals surface area contributed by atoms with E-state index in [1.165, 1.54) is 25.1 Å². The van der Waals surface area contributed by atoms with Crippen molar-refractivity contribution in [2.24, 2.45) is 0 Å². The molecule has 3 rings (SSSR count). The normalized spacial score (nSPS) is 17.4. The van der Waals surface area contributed by atoms with E-state index in [-0.39, 0.29) is 23.2 Å². The van der Waals surface area contributed by atoms with Gasteiger partial charge in [-0.2, -0.15) is 13.2 Å². The number of anilines is 1. The van der Waals surface area contributed by atoms with Crippen LogP contribution in [0.25, 0.3) is 0 Å². The van der Waals surface area contributed by atoms with Crippen molar-refractivity contribution < 1.29 is 32.3 Å². The number of benzene rings is 2. The Labute approximate surface area is 157 Å². The van der Waals surface area contributed by atoms with Crippen LogP contribution in [0.15, 0.2) is 59.9 Å². The summed E-state index contributed by atoms with van der Waals surface area (Å²) in [6.45, 7) is 1.52. The Morgan fingerprint density at radius 1 is 1.11 bits per heavy atom. The summed E-state index contributed by atoms with van der Waals surface area (Å²) in [7, 11) is 0. The van der Waals surface area contributed by atoms with Gasteiger partial charge in [0, 0.05) is 17.7 Å². The average molecular weight is 393 g/mol. The number of nitrogens with zero attached hydrogens (tertiary/aromatic N) is 1. The van der Waals surface area contributed by atoms with Crippen LogP contribution in [0.3, 0.4) is 0 Å². The SMILES string of the molecule is CCC(=O)C1=C(O)C(=O)N(c2ccc(C(F)(F)F)cc2)C1c1ccccc1F. The average Bonchev–Trinajstić information content (AvgIpc) is 2.92. The third-order valence-corrected chi connectivity index (χ3v) is 4.50. The van der Waals surface area contributed by atoms with Gasteiger partial charge in [-0.25, -0.2) is 4.39 Å². The molecule has 0 saturated heterocycles. The molecule has 0 aliphatic carbocycles. The first kappa shape index (κ1) is 19.6. The molecule has 0 radical (unpaired) electrons. The van der Waals surface area contributed by atoms with E-state index in [4.69, 9.17) is 0 Å². The van der Waals surface area contributed by atoms with Crippen molar-refractivity contribution in [3.05, 3.63) is 76.8 Å². The van der Waals surface area contributed by atoms with Crippen molar-refractivity contribution in [1.29, 1.82) is 0 Å². The molecule has 0 aromatic heterocycles. The summed E-state index contributed by atoms with van der Waals surface area (Å²) in [5.74, 6) is -3.09. The number of carbonyl (C=O) groups excluding carboxylic acids is 2. The van der Waals surface area contributed by atoms with Gasteiger partial charge in [0.2, 0.25) is 0 Å². The molecule has 1 amide bonds. The summed E-state index contributed by atoms with van der Waals surface area (Å²) in [6, 6.07) is 7.76. The van der Waals surface area contributed by atoms with E-state index in [1.54, 1.807) is 0 Å². The number of Topliss-reactive ketones (excluding diaryl/α,β-unsaturated/α-hetero) is 1. The fourth-order valence-electron chi connectivity index (χ4n) is 3.15. The van der Waals surface area contributed by atoms with Crippen molar-refractivity contribution in [2.75, 3.05) is 4.90 Å². The fraction of sp³-hybridized carbons (Fsp3) is 0.200. The molecule has 1 atom stereocenters. The van der Waals surface area contributed by atoms with E-state index in [9.17, 15) is 32.3 Å². The maximum absolute atomic E-state index is 14.4. The second kappa shape index (κ2) is 7.10. The molecule has 1 unspecified atom stereocenters. The third-order valence-electron chi connectivity index (χ3n) is 4.50. The van der Waals surface area contributed by atoms with Crippen molar-refractivity contribution in [1.82, 2.24) is 0 Å². The molecule has 1 N–H and O–H groups in total. The Morgan fingerprint density at radius 2 is 1.71 bits per heavy atom. The van der Waals surface area contributed by atoms with E-state index in [2.05, 4.69) is 0 Å². The second-order valence-electron chi connectivity index (χ2n) is 6.18. The highest BCUT2D eigenvalue weighted by atomic mass is 19.4. The Kier molecular flexibility index (Phi) is 4.97. The molecule has 0 spiro atoms. The predicted molar refractivity (Wildman–Crippen MR) is 93.0 cm³/mol. The smallest absolute Gasteiger partial charge is 0.416 e. The zero-order valence-electron chi connectivity index (χ0n) is 14.6. The van der Waals surface area contributed by atoms with Crippen LogP contribution in [-0.2, 0) is 15.8 Å². The van der Waals surface area contributed by atoms with Crippen LogP contribution in [0.5, 0.6) is 0 Å². The van der Waals surface area contributed by atoms with Gasteiger partial charge >= 0.3 is 6.18 Å². The van der Waals surface area contributed by atoms with E-state index in [0.717, 1.165) is 35.2 Å². The van der Waals surface area contributed by atoms with Crippen LogP contribution in [0, 0.1) is 5.82 Å². The number of hydrogen-bond acceptors (Lipinski definition) is 3. The highest BCUT2D eigenvalue weighted by Gasteiger charge is 2.45. The van der Waals surface area contributed by atoms with Gasteiger partial charge in [0.1, 0.15) is 5.82 Å². The molecule has 1 aliphatic heterocycles. The fourth-order valence-corrected chi connectivity index (χ4v) is 3.15. The molecule has 0 bridgehead atoms. The Morgan fingerprint density at radius 3 is 2.25 bits per heavy atom. The zero-order valence-corrected chi connectivity index (χ0v) is 14.6. The van der Waals surface area contributed by atoms with Gasteiger partial charge in [-0.15, -0.1) is 0 Å². The summed E-state index contributed by atoms with van der Waals surface area (Å²) < 4.78 is 52.9. The topological polar surface area (TPSA) is 57.6 Å². The number of hydrogen-bond donors (Lipinski definition) is 1. The van der Waals surface area contributed by atoms with Gasteiger partial charge in [-0.3, -0.25) is 14.5 Å². The molecule has 0 fully saturated rings. The van der Waals surface area contributed by atoms with Gasteiger partial charge in [0.05, 0.1) is 17.2 Å². The van der Waals surface area contributed by atoms with Crippen molar-refractivity contribution in [3.63, 3.8) is 0 Å². The summed E-state index contributed by atoms with van der Waals surface area (Å²) in [5.41, 5.74) is -1.25. The lowest BCUT2D eigenvalue weighted by Gasteiger charge is -2.27. The zero-order chi connectivity index (χ0) is 20.6.